The summed E-state index contributed by atoms with van der Waals surface area (Å²) in [5.74, 6) is 0. The Hall–Kier alpha value is -2.30. The van der Waals surface area contributed by atoms with Crippen LogP contribution >= 0.6 is 0 Å². The van der Waals surface area contributed by atoms with Gasteiger partial charge in [-0.25, -0.2) is 4.99 Å². The van der Waals surface area contributed by atoms with Crippen molar-refractivity contribution >= 4 is 17.3 Å². The summed E-state index contributed by atoms with van der Waals surface area (Å²) in [6.45, 7) is 4.19. The molecular weight excluding hydrogens is 276 g/mol. The molecule has 5 heteroatoms. The number of hydrogen-bond acceptors (Lipinski definition) is 5. The number of rotatable bonds is 2. The molecule has 1 spiro atoms. The van der Waals surface area contributed by atoms with Crippen LogP contribution in [0, 0.1) is 5.41 Å². The molecule has 5 N–H and O–H groups in total. The molecule has 0 saturated carbocycles. The second-order valence-electron chi connectivity index (χ2n) is 6.31. The Morgan fingerprint density at radius 2 is 2.09 bits per heavy atom. The third kappa shape index (κ3) is 2.47. The van der Waals surface area contributed by atoms with Gasteiger partial charge in [0.2, 0.25) is 0 Å². The number of benzene rings is 1. The minimum atomic E-state index is -0.182. The Morgan fingerprint density at radius 3 is 2.68 bits per heavy atom. The fraction of sp³-hybridized carbons (Fsp3) is 0.412. The van der Waals surface area contributed by atoms with Crippen molar-refractivity contribution in [3.8, 4) is 0 Å². The van der Waals surface area contributed by atoms with Crippen LogP contribution in [0.15, 0.2) is 28.9 Å². The van der Waals surface area contributed by atoms with Crippen molar-refractivity contribution in [1.82, 2.24) is 0 Å². The molecule has 1 heterocycles. The molecule has 0 bridgehead atoms. The number of nitrogens with one attached hydrogen (secondary N) is 1. The van der Waals surface area contributed by atoms with E-state index in [1.165, 1.54) is 11.1 Å². The number of hydrogen-bond donors (Lipinski definition) is 3. The number of amidine groups is 1. The lowest BCUT2D eigenvalue weighted by molar-refractivity contribution is 0.235. The topological polar surface area (TPSA) is 97.5 Å². The second kappa shape index (κ2) is 5.16. The zero-order chi connectivity index (χ0) is 15.9. The first-order chi connectivity index (χ1) is 10.4. The molecule has 116 valence electrons. The average molecular weight is 298 g/mol. The monoisotopic (exact) mass is 298 g/mol. The van der Waals surface area contributed by atoms with Crippen LogP contribution in [0.25, 0.3) is 5.57 Å². The predicted molar refractivity (Wildman–Crippen MR) is 89.0 cm³/mol. The zero-order valence-electron chi connectivity index (χ0n) is 13.1. The number of aryl methyl sites for hydroxylation is 1. The Morgan fingerprint density at radius 1 is 1.32 bits per heavy atom. The van der Waals surface area contributed by atoms with Crippen LogP contribution in [0.1, 0.15) is 37.0 Å². The molecule has 1 atom stereocenters. The van der Waals surface area contributed by atoms with Crippen LogP contribution in [0.5, 0.6) is 0 Å². The van der Waals surface area contributed by atoms with E-state index in [0.29, 0.717) is 24.0 Å². The van der Waals surface area contributed by atoms with E-state index in [1.54, 1.807) is 6.92 Å². The summed E-state index contributed by atoms with van der Waals surface area (Å²) in [5, 5.41) is 7.93. The summed E-state index contributed by atoms with van der Waals surface area (Å²) < 4.78 is 5.36. The number of nitrogens with two attached hydrogens (primary N) is 2. The van der Waals surface area contributed by atoms with Gasteiger partial charge in [0.1, 0.15) is 12.1 Å². The highest BCUT2D eigenvalue weighted by Gasteiger charge is 2.39. The van der Waals surface area contributed by atoms with E-state index in [-0.39, 0.29) is 5.54 Å². The highest BCUT2D eigenvalue weighted by Crippen LogP contribution is 2.35. The highest BCUT2D eigenvalue weighted by atomic mass is 16.5. The van der Waals surface area contributed by atoms with E-state index >= 15 is 0 Å². The lowest BCUT2D eigenvalue weighted by Crippen LogP contribution is -2.35. The number of aliphatic imine (C=N–C) groups is 1. The Bertz CT molecular complexity index is 701. The van der Waals surface area contributed by atoms with Crippen LogP contribution in [0.2, 0.25) is 0 Å². The predicted octanol–water partition coefficient (Wildman–Crippen LogP) is 1.99. The van der Waals surface area contributed by atoms with Crippen molar-refractivity contribution < 1.29 is 4.74 Å². The Balaban J connectivity index is 1.95. The molecule has 1 unspecified atom stereocenters. The highest BCUT2D eigenvalue weighted by molar-refractivity contribution is 6.21. The van der Waals surface area contributed by atoms with Gasteiger partial charge in [0.05, 0.1) is 0 Å². The Labute approximate surface area is 130 Å². The first-order valence-corrected chi connectivity index (χ1v) is 7.52. The molecule has 0 fully saturated rings. The lowest BCUT2D eigenvalue weighted by Gasteiger charge is -2.30. The maximum atomic E-state index is 7.93. The minimum absolute atomic E-state index is 0.182. The number of allylic oxidation sites excluding steroid dienone is 2. The van der Waals surface area contributed by atoms with Gasteiger partial charge in [-0.3, -0.25) is 0 Å². The van der Waals surface area contributed by atoms with Gasteiger partial charge in [-0.1, -0.05) is 18.2 Å². The Kier molecular flexibility index (Phi) is 3.43. The quantitative estimate of drug-likeness (QED) is 0.728. The summed E-state index contributed by atoms with van der Waals surface area (Å²) in [6, 6.07) is 6.64. The molecule has 5 nitrogen and oxygen atoms in total. The van der Waals surface area contributed by atoms with E-state index in [4.69, 9.17) is 21.6 Å². The van der Waals surface area contributed by atoms with Gasteiger partial charge in [0.25, 0.3) is 6.02 Å². The third-order valence-electron chi connectivity index (χ3n) is 4.48. The maximum Gasteiger partial charge on any atom is 0.282 e. The summed E-state index contributed by atoms with van der Waals surface area (Å²) in [4.78, 5) is 4.50. The molecule has 0 saturated heterocycles. The zero-order valence-corrected chi connectivity index (χ0v) is 13.1. The average Bonchev–Trinajstić information content (AvgIpc) is 2.79. The standard InChI is InChI=1S/C17H22N4O/c1-10(18)15(11(2)19)13-3-4-14-8-17(6-5-12(14)7-13)9-22-16(20)21-17/h3-4,7,18H,5-6,8-9,19H2,1-2H3,(H2,20,21)/b15-11+,18-10?. The second-order valence-corrected chi connectivity index (χ2v) is 6.31. The normalized spacial score (nSPS) is 24.4. The molecule has 2 aliphatic rings. The van der Waals surface area contributed by atoms with Gasteiger partial charge >= 0.3 is 0 Å². The van der Waals surface area contributed by atoms with E-state index in [9.17, 15) is 0 Å². The van der Waals surface area contributed by atoms with Gasteiger partial charge in [0.15, 0.2) is 0 Å². The maximum absolute atomic E-state index is 7.93. The van der Waals surface area contributed by atoms with Crippen molar-refractivity contribution in [1.29, 1.82) is 5.41 Å². The van der Waals surface area contributed by atoms with Crippen LogP contribution in [-0.2, 0) is 17.6 Å². The number of fused-ring (bicyclic) bond motifs is 1. The molecular formula is C17H22N4O. The molecule has 1 aromatic rings. The largest absolute Gasteiger partial charge is 0.463 e. The van der Waals surface area contributed by atoms with E-state index in [0.717, 1.165) is 30.4 Å². The van der Waals surface area contributed by atoms with Gasteiger partial charge in [-0.15, -0.1) is 0 Å². The summed E-state index contributed by atoms with van der Waals surface area (Å²) in [6.07, 6.45) is 2.74. The lowest BCUT2D eigenvalue weighted by atomic mass is 9.78. The van der Waals surface area contributed by atoms with Crippen LogP contribution in [0.3, 0.4) is 0 Å². The molecule has 3 rings (SSSR count). The molecule has 22 heavy (non-hydrogen) atoms. The van der Waals surface area contributed by atoms with Crippen LogP contribution in [-0.4, -0.2) is 23.9 Å². The molecule has 1 aliphatic heterocycles. The van der Waals surface area contributed by atoms with Gasteiger partial charge < -0.3 is 21.6 Å². The third-order valence-corrected chi connectivity index (χ3v) is 4.48. The number of nitrogens with zero attached hydrogens (tertiary/aromatic N) is 1. The van der Waals surface area contributed by atoms with Crippen molar-refractivity contribution in [3.05, 3.63) is 40.6 Å². The van der Waals surface area contributed by atoms with E-state index in [2.05, 4.69) is 17.1 Å². The first-order valence-electron chi connectivity index (χ1n) is 7.52. The van der Waals surface area contributed by atoms with Crippen molar-refractivity contribution in [2.45, 2.75) is 38.6 Å². The van der Waals surface area contributed by atoms with Crippen molar-refractivity contribution in [2.24, 2.45) is 16.5 Å². The fourth-order valence-corrected chi connectivity index (χ4v) is 3.46. The summed E-state index contributed by atoms with van der Waals surface area (Å²) >= 11 is 0. The summed E-state index contributed by atoms with van der Waals surface area (Å²) in [7, 11) is 0. The number of ether oxygens (including phenoxy) is 1. The van der Waals surface area contributed by atoms with Gasteiger partial charge in [-0.2, -0.15) is 0 Å². The van der Waals surface area contributed by atoms with Crippen LogP contribution in [0.4, 0.5) is 0 Å². The SMILES string of the molecule is CC(=N)/C(=C(/C)N)c1ccc2c(c1)CCC1(COC(N)=N1)C2. The van der Waals surface area contributed by atoms with E-state index < -0.39 is 0 Å². The van der Waals surface area contributed by atoms with E-state index in [1.807, 2.05) is 13.0 Å². The molecule has 0 aromatic heterocycles. The molecule has 1 aliphatic carbocycles. The first kappa shape index (κ1) is 14.6. The van der Waals surface area contributed by atoms with Crippen LogP contribution < -0.4 is 11.5 Å². The molecule has 0 radical (unpaired) electrons. The van der Waals surface area contributed by atoms with Gasteiger partial charge in [0, 0.05) is 23.4 Å². The summed E-state index contributed by atoms with van der Waals surface area (Å²) in [5.41, 5.74) is 17.1. The smallest absolute Gasteiger partial charge is 0.282 e. The molecule has 0 amide bonds. The van der Waals surface area contributed by atoms with Crippen molar-refractivity contribution in [2.75, 3.05) is 6.61 Å². The molecule has 1 aromatic carbocycles. The van der Waals surface area contributed by atoms with Crippen molar-refractivity contribution in [3.63, 3.8) is 0 Å². The fourth-order valence-electron chi connectivity index (χ4n) is 3.46. The van der Waals surface area contributed by atoms with Gasteiger partial charge in [-0.05, 0) is 43.4 Å². The minimum Gasteiger partial charge on any atom is -0.463 e.